The molecule has 0 fully saturated rings. The lowest BCUT2D eigenvalue weighted by molar-refractivity contribution is -0.142. The van der Waals surface area contributed by atoms with Crippen molar-refractivity contribution in [1.82, 2.24) is 9.78 Å². The standard InChI is InChI=1S/C16H18F3N5/c1-24-9-12(14(23-24)16(17,18)19)8-21-15(20)22-13-6-5-10-3-2-4-11(10)7-13/h5-7,9H,2-4,8H2,1H3,(H3,20,21,22). The molecule has 0 saturated carbocycles. The van der Waals surface area contributed by atoms with Gasteiger partial charge in [0.15, 0.2) is 11.7 Å². The van der Waals surface area contributed by atoms with E-state index >= 15 is 0 Å². The third kappa shape index (κ3) is 3.52. The Bertz CT molecular complexity index is 777. The van der Waals surface area contributed by atoms with Crippen LogP contribution in [0.15, 0.2) is 29.4 Å². The molecule has 1 heterocycles. The molecule has 1 aliphatic rings. The van der Waals surface area contributed by atoms with E-state index in [-0.39, 0.29) is 18.1 Å². The number of aromatic nitrogens is 2. The molecule has 3 N–H and O–H groups in total. The Balaban J connectivity index is 1.71. The summed E-state index contributed by atoms with van der Waals surface area (Å²) in [6, 6.07) is 5.95. The summed E-state index contributed by atoms with van der Waals surface area (Å²) in [5.41, 5.74) is 8.26. The maximum absolute atomic E-state index is 12.9. The topological polar surface area (TPSA) is 68.2 Å². The van der Waals surface area contributed by atoms with Crippen LogP contribution in [0.25, 0.3) is 0 Å². The van der Waals surface area contributed by atoms with Crippen molar-refractivity contribution in [2.45, 2.75) is 32.0 Å². The minimum Gasteiger partial charge on any atom is -0.370 e. The first-order chi connectivity index (χ1) is 11.3. The second kappa shape index (κ2) is 6.18. The average Bonchev–Trinajstić information content (AvgIpc) is 3.10. The molecule has 0 spiro atoms. The highest BCUT2D eigenvalue weighted by Gasteiger charge is 2.36. The fourth-order valence-electron chi connectivity index (χ4n) is 2.90. The van der Waals surface area contributed by atoms with Crippen LogP contribution in [0.2, 0.25) is 0 Å². The number of rotatable bonds is 3. The molecule has 1 aliphatic carbocycles. The molecule has 128 valence electrons. The normalized spacial score (nSPS) is 14.8. The molecule has 5 nitrogen and oxygen atoms in total. The van der Waals surface area contributed by atoms with E-state index in [0.29, 0.717) is 0 Å². The van der Waals surface area contributed by atoms with Crippen LogP contribution in [0, 0.1) is 0 Å². The van der Waals surface area contributed by atoms with Gasteiger partial charge in [0.05, 0.1) is 6.54 Å². The summed E-state index contributed by atoms with van der Waals surface area (Å²) in [6.07, 6.45) is 0.0554. The first-order valence-electron chi connectivity index (χ1n) is 7.61. The Morgan fingerprint density at radius 1 is 1.33 bits per heavy atom. The molecule has 8 heteroatoms. The van der Waals surface area contributed by atoms with E-state index in [4.69, 9.17) is 5.73 Å². The van der Waals surface area contributed by atoms with Gasteiger partial charge in [0, 0.05) is 24.5 Å². The zero-order valence-electron chi connectivity index (χ0n) is 13.2. The number of nitrogens with one attached hydrogen (secondary N) is 1. The van der Waals surface area contributed by atoms with Gasteiger partial charge in [0.25, 0.3) is 0 Å². The highest BCUT2D eigenvalue weighted by atomic mass is 19.4. The number of halogens is 3. The van der Waals surface area contributed by atoms with Crippen molar-refractivity contribution in [3.63, 3.8) is 0 Å². The smallest absolute Gasteiger partial charge is 0.370 e. The zero-order valence-corrected chi connectivity index (χ0v) is 13.2. The summed E-state index contributed by atoms with van der Waals surface area (Å²) in [4.78, 5) is 4.00. The van der Waals surface area contributed by atoms with Crippen LogP contribution in [0.1, 0.15) is 28.8 Å². The number of hydrogen-bond acceptors (Lipinski definition) is 2. The summed E-state index contributed by atoms with van der Waals surface area (Å²) in [5.74, 6) is 0.0740. The molecule has 3 rings (SSSR count). The predicted molar refractivity (Wildman–Crippen MR) is 85.6 cm³/mol. The van der Waals surface area contributed by atoms with Crippen LogP contribution >= 0.6 is 0 Å². The first kappa shape index (κ1) is 16.4. The van der Waals surface area contributed by atoms with Crippen LogP contribution < -0.4 is 11.1 Å². The van der Waals surface area contributed by atoms with Gasteiger partial charge in [-0.25, -0.2) is 4.99 Å². The Hall–Kier alpha value is -2.51. The number of aryl methyl sites for hydroxylation is 3. The lowest BCUT2D eigenvalue weighted by atomic mass is 10.1. The van der Waals surface area contributed by atoms with Crippen LogP contribution in [-0.4, -0.2) is 15.7 Å². The molecule has 1 aromatic heterocycles. The zero-order chi connectivity index (χ0) is 17.3. The van der Waals surface area contributed by atoms with Gasteiger partial charge < -0.3 is 11.1 Å². The Morgan fingerprint density at radius 2 is 2.08 bits per heavy atom. The Kier molecular flexibility index (Phi) is 4.21. The van der Waals surface area contributed by atoms with Crippen LogP contribution in [0.4, 0.5) is 18.9 Å². The highest BCUT2D eigenvalue weighted by molar-refractivity contribution is 5.92. The molecule has 0 radical (unpaired) electrons. The van der Waals surface area contributed by atoms with Crippen molar-refractivity contribution in [1.29, 1.82) is 0 Å². The predicted octanol–water partition coefficient (Wildman–Crippen LogP) is 2.85. The molecule has 0 bridgehead atoms. The molecule has 0 aliphatic heterocycles. The summed E-state index contributed by atoms with van der Waals surface area (Å²) < 4.78 is 39.8. The van der Waals surface area contributed by atoms with Crippen LogP contribution in [0.3, 0.4) is 0 Å². The molecular formula is C16H18F3N5. The lowest BCUT2D eigenvalue weighted by Gasteiger charge is -2.08. The van der Waals surface area contributed by atoms with E-state index in [1.54, 1.807) is 0 Å². The second-order valence-electron chi connectivity index (χ2n) is 5.84. The monoisotopic (exact) mass is 337 g/mol. The largest absolute Gasteiger partial charge is 0.435 e. The van der Waals surface area contributed by atoms with Gasteiger partial charge in [0.1, 0.15) is 0 Å². The fourth-order valence-corrected chi connectivity index (χ4v) is 2.90. The SMILES string of the molecule is Cn1cc(CN=C(N)Nc2ccc3c(c2)CCC3)c(C(F)(F)F)n1. The van der Waals surface area contributed by atoms with Gasteiger partial charge in [-0.1, -0.05) is 6.07 Å². The first-order valence-corrected chi connectivity index (χ1v) is 7.61. The van der Waals surface area contributed by atoms with Crippen molar-refractivity contribution < 1.29 is 13.2 Å². The van der Waals surface area contributed by atoms with E-state index in [0.717, 1.165) is 29.6 Å². The van der Waals surface area contributed by atoms with Crippen molar-refractivity contribution in [3.8, 4) is 0 Å². The summed E-state index contributed by atoms with van der Waals surface area (Å²) in [6.45, 7) is -0.188. The maximum Gasteiger partial charge on any atom is 0.435 e. The van der Waals surface area contributed by atoms with Gasteiger partial charge in [-0.3, -0.25) is 4.68 Å². The van der Waals surface area contributed by atoms with E-state index in [2.05, 4.69) is 15.4 Å². The highest BCUT2D eigenvalue weighted by Crippen LogP contribution is 2.31. The number of fused-ring (bicyclic) bond motifs is 1. The molecule has 0 unspecified atom stereocenters. The number of alkyl halides is 3. The van der Waals surface area contributed by atoms with Gasteiger partial charge in [-0.05, 0) is 42.5 Å². The number of guanidine groups is 1. The Morgan fingerprint density at radius 3 is 2.83 bits per heavy atom. The average molecular weight is 337 g/mol. The number of nitrogens with two attached hydrogens (primary N) is 1. The van der Waals surface area contributed by atoms with Gasteiger partial charge in [0.2, 0.25) is 0 Å². The molecule has 2 aromatic rings. The Labute approximate surface area is 137 Å². The van der Waals surface area contributed by atoms with Crippen LogP contribution in [-0.2, 0) is 32.6 Å². The van der Waals surface area contributed by atoms with Crippen LogP contribution in [0.5, 0.6) is 0 Å². The minimum absolute atomic E-state index is 0.0105. The lowest BCUT2D eigenvalue weighted by Crippen LogP contribution is -2.22. The van der Waals surface area contributed by atoms with Gasteiger partial charge in [-0.2, -0.15) is 18.3 Å². The van der Waals surface area contributed by atoms with Crippen molar-refractivity contribution in [2.24, 2.45) is 17.8 Å². The summed E-state index contributed by atoms with van der Waals surface area (Å²) in [7, 11) is 1.44. The van der Waals surface area contributed by atoms with E-state index in [9.17, 15) is 13.2 Å². The van der Waals surface area contributed by atoms with Gasteiger partial charge >= 0.3 is 6.18 Å². The molecule has 1 aromatic carbocycles. The second-order valence-corrected chi connectivity index (χ2v) is 5.84. The van der Waals surface area contributed by atoms with E-state index in [1.165, 1.54) is 24.4 Å². The number of nitrogens with zero attached hydrogens (tertiary/aromatic N) is 3. The molecule has 0 saturated heterocycles. The maximum atomic E-state index is 12.9. The molecular weight excluding hydrogens is 319 g/mol. The van der Waals surface area contributed by atoms with Crippen molar-refractivity contribution in [3.05, 3.63) is 46.8 Å². The minimum atomic E-state index is -4.51. The third-order valence-corrected chi connectivity index (χ3v) is 3.96. The number of aliphatic imine (C=N–C) groups is 1. The van der Waals surface area contributed by atoms with E-state index in [1.807, 2.05) is 18.2 Å². The number of anilines is 1. The molecule has 0 atom stereocenters. The number of benzene rings is 1. The van der Waals surface area contributed by atoms with Crippen molar-refractivity contribution in [2.75, 3.05) is 5.32 Å². The van der Waals surface area contributed by atoms with E-state index < -0.39 is 11.9 Å². The fraction of sp³-hybridized carbons (Fsp3) is 0.375. The summed E-state index contributed by atoms with van der Waals surface area (Å²) in [5, 5.41) is 6.37. The third-order valence-electron chi connectivity index (χ3n) is 3.96. The number of hydrogen-bond donors (Lipinski definition) is 2. The quantitative estimate of drug-likeness (QED) is 0.668. The van der Waals surface area contributed by atoms with Crippen molar-refractivity contribution >= 4 is 11.6 Å². The summed E-state index contributed by atoms with van der Waals surface area (Å²) >= 11 is 0. The molecule has 24 heavy (non-hydrogen) atoms. The molecule has 0 amide bonds. The van der Waals surface area contributed by atoms with Gasteiger partial charge in [-0.15, -0.1) is 0 Å².